The standard InChI is InChI=1S/C19H23NO4/c1-14-15-8-5-6-9-16(15)24-17(14)13-23-19(22)12-20-11-7-3-2-4-10-18(20)21/h5-6,8-9H,2-4,7,10-13H2,1H3. The Kier molecular flexibility index (Phi) is 5.18. The Bertz CT molecular complexity index is 734. The average molecular weight is 329 g/mol. The van der Waals surface area contributed by atoms with E-state index in [2.05, 4.69) is 0 Å². The van der Waals surface area contributed by atoms with Crippen molar-refractivity contribution in [3.8, 4) is 0 Å². The van der Waals surface area contributed by atoms with E-state index in [9.17, 15) is 9.59 Å². The van der Waals surface area contributed by atoms with Gasteiger partial charge >= 0.3 is 5.97 Å². The maximum absolute atomic E-state index is 12.1. The first-order valence-corrected chi connectivity index (χ1v) is 8.55. The van der Waals surface area contributed by atoms with Gasteiger partial charge < -0.3 is 14.1 Å². The zero-order valence-electron chi connectivity index (χ0n) is 14.0. The van der Waals surface area contributed by atoms with Crippen molar-refractivity contribution in [3.63, 3.8) is 0 Å². The summed E-state index contributed by atoms with van der Waals surface area (Å²) in [6.45, 7) is 2.72. The molecule has 0 N–H and O–H groups in total. The van der Waals surface area contributed by atoms with Crippen molar-refractivity contribution in [3.05, 3.63) is 35.6 Å². The molecule has 1 saturated heterocycles. The smallest absolute Gasteiger partial charge is 0.326 e. The Morgan fingerprint density at radius 3 is 2.83 bits per heavy atom. The molecule has 2 heterocycles. The van der Waals surface area contributed by atoms with Gasteiger partial charge in [-0.3, -0.25) is 9.59 Å². The molecule has 1 aliphatic rings. The van der Waals surface area contributed by atoms with Crippen molar-refractivity contribution >= 4 is 22.8 Å². The van der Waals surface area contributed by atoms with E-state index >= 15 is 0 Å². The minimum Gasteiger partial charge on any atom is -0.457 e. The zero-order valence-corrected chi connectivity index (χ0v) is 14.0. The van der Waals surface area contributed by atoms with E-state index in [0.29, 0.717) is 18.7 Å². The molecule has 0 radical (unpaired) electrons. The predicted molar refractivity (Wildman–Crippen MR) is 90.4 cm³/mol. The van der Waals surface area contributed by atoms with Crippen molar-refractivity contribution in [1.29, 1.82) is 0 Å². The summed E-state index contributed by atoms with van der Waals surface area (Å²) in [6.07, 6.45) is 4.58. The first kappa shape index (κ1) is 16.6. The molecule has 3 rings (SSSR count). The molecule has 1 amide bonds. The van der Waals surface area contributed by atoms with Crippen molar-refractivity contribution in [1.82, 2.24) is 4.90 Å². The van der Waals surface area contributed by atoms with Crippen LogP contribution in [0.1, 0.15) is 43.4 Å². The second-order valence-electron chi connectivity index (χ2n) is 6.29. The molecular formula is C19H23NO4. The highest BCUT2D eigenvalue weighted by Crippen LogP contribution is 2.25. The Morgan fingerprint density at radius 2 is 2.00 bits per heavy atom. The number of carbonyl (C=O) groups is 2. The number of rotatable bonds is 4. The highest BCUT2D eigenvalue weighted by atomic mass is 16.5. The molecule has 0 spiro atoms. The molecule has 1 aromatic carbocycles. The van der Waals surface area contributed by atoms with Crippen molar-refractivity contribution < 1.29 is 18.7 Å². The van der Waals surface area contributed by atoms with Crippen molar-refractivity contribution in [2.45, 2.75) is 45.6 Å². The molecule has 1 aliphatic heterocycles. The number of esters is 1. The summed E-state index contributed by atoms with van der Waals surface area (Å²) in [7, 11) is 0. The molecule has 1 fully saturated rings. The number of hydrogen-bond acceptors (Lipinski definition) is 4. The normalized spacial score (nSPS) is 16.0. The molecule has 0 aliphatic carbocycles. The summed E-state index contributed by atoms with van der Waals surface area (Å²) in [6, 6.07) is 7.74. The quantitative estimate of drug-likeness (QED) is 0.805. The van der Waals surface area contributed by atoms with Crippen molar-refractivity contribution in [2.24, 2.45) is 0 Å². The molecule has 24 heavy (non-hydrogen) atoms. The fourth-order valence-corrected chi connectivity index (χ4v) is 3.09. The van der Waals surface area contributed by atoms with Crippen LogP contribution < -0.4 is 0 Å². The molecule has 1 aromatic heterocycles. The van der Waals surface area contributed by atoms with E-state index < -0.39 is 0 Å². The van der Waals surface area contributed by atoms with Crippen LogP contribution in [-0.2, 0) is 20.9 Å². The number of furan rings is 1. The second kappa shape index (κ2) is 7.51. The van der Waals surface area contributed by atoms with Crippen LogP contribution in [0.5, 0.6) is 0 Å². The van der Waals surface area contributed by atoms with Crippen LogP contribution in [0, 0.1) is 6.92 Å². The van der Waals surface area contributed by atoms with Gasteiger partial charge in [0.25, 0.3) is 0 Å². The highest BCUT2D eigenvalue weighted by Gasteiger charge is 2.20. The van der Waals surface area contributed by atoms with Gasteiger partial charge in [-0.1, -0.05) is 31.0 Å². The average Bonchev–Trinajstić information content (AvgIpc) is 2.89. The number of ether oxygens (including phenoxy) is 1. The zero-order chi connectivity index (χ0) is 16.9. The number of amides is 1. The molecule has 5 nitrogen and oxygen atoms in total. The monoisotopic (exact) mass is 329 g/mol. The van der Waals surface area contributed by atoms with E-state index in [0.717, 1.165) is 42.2 Å². The molecule has 0 bridgehead atoms. The number of aryl methyl sites for hydroxylation is 1. The Hall–Kier alpha value is -2.30. The van der Waals surface area contributed by atoms with E-state index in [4.69, 9.17) is 9.15 Å². The van der Waals surface area contributed by atoms with Gasteiger partial charge in [0, 0.05) is 23.9 Å². The number of fused-ring (bicyclic) bond motifs is 1. The number of hydrogen-bond donors (Lipinski definition) is 0. The SMILES string of the molecule is Cc1c(COC(=O)CN2CCCCCCC2=O)oc2ccccc12. The highest BCUT2D eigenvalue weighted by molar-refractivity contribution is 5.83. The lowest BCUT2D eigenvalue weighted by atomic mass is 10.1. The summed E-state index contributed by atoms with van der Waals surface area (Å²) in [5.41, 5.74) is 1.78. The molecule has 0 unspecified atom stereocenters. The number of likely N-dealkylation sites (tertiary alicyclic amines) is 1. The molecule has 128 valence electrons. The molecule has 2 aromatic rings. The third-order valence-corrected chi connectivity index (χ3v) is 4.55. The van der Waals surface area contributed by atoms with Crippen LogP contribution in [0.3, 0.4) is 0 Å². The molecule has 0 atom stereocenters. The van der Waals surface area contributed by atoms with Gasteiger partial charge in [-0.25, -0.2) is 0 Å². The Morgan fingerprint density at radius 1 is 1.21 bits per heavy atom. The first-order chi connectivity index (χ1) is 11.6. The topological polar surface area (TPSA) is 59.8 Å². The van der Waals surface area contributed by atoms with Gasteiger partial charge in [-0.2, -0.15) is 0 Å². The van der Waals surface area contributed by atoms with Gasteiger partial charge in [0.15, 0.2) is 0 Å². The lowest BCUT2D eigenvalue weighted by molar-refractivity contribution is -0.151. The maximum atomic E-state index is 12.1. The summed E-state index contributed by atoms with van der Waals surface area (Å²) < 4.78 is 11.1. The van der Waals surface area contributed by atoms with Gasteiger partial charge in [0.1, 0.15) is 24.5 Å². The largest absolute Gasteiger partial charge is 0.457 e. The van der Waals surface area contributed by atoms with Gasteiger partial charge in [-0.15, -0.1) is 0 Å². The van der Waals surface area contributed by atoms with Crippen LogP contribution in [0.25, 0.3) is 11.0 Å². The lowest BCUT2D eigenvalue weighted by Crippen LogP contribution is -2.37. The summed E-state index contributed by atoms with van der Waals surface area (Å²) >= 11 is 0. The minimum atomic E-state index is -0.385. The summed E-state index contributed by atoms with van der Waals surface area (Å²) in [4.78, 5) is 25.8. The number of benzene rings is 1. The molecular weight excluding hydrogens is 306 g/mol. The number of para-hydroxylation sites is 1. The summed E-state index contributed by atoms with van der Waals surface area (Å²) in [5.74, 6) is 0.318. The van der Waals surface area contributed by atoms with Crippen LogP contribution in [0.15, 0.2) is 28.7 Å². The third kappa shape index (κ3) is 3.78. The van der Waals surface area contributed by atoms with E-state index in [1.165, 1.54) is 0 Å². The Balaban J connectivity index is 1.58. The fraction of sp³-hybridized carbons (Fsp3) is 0.474. The first-order valence-electron chi connectivity index (χ1n) is 8.55. The van der Waals surface area contributed by atoms with Gasteiger partial charge in [0.05, 0.1) is 0 Å². The Labute approximate surface area is 141 Å². The lowest BCUT2D eigenvalue weighted by Gasteiger charge is -2.23. The van der Waals surface area contributed by atoms with Crippen molar-refractivity contribution in [2.75, 3.05) is 13.1 Å². The number of nitrogens with zero attached hydrogens (tertiary/aromatic N) is 1. The van der Waals surface area contributed by atoms with Crippen LogP contribution in [0.4, 0.5) is 0 Å². The van der Waals surface area contributed by atoms with Gasteiger partial charge in [0.2, 0.25) is 5.91 Å². The van der Waals surface area contributed by atoms with Crippen LogP contribution in [0.2, 0.25) is 0 Å². The van der Waals surface area contributed by atoms with Gasteiger partial charge in [-0.05, 0) is 25.8 Å². The van der Waals surface area contributed by atoms with Crippen LogP contribution >= 0.6 is 0 Å². The molecule has 0 saturated carbocycles. The fourth-order valence-electron chi connectivity index (χ4n) is 3.09. The van der Waals surface area contributed by atoms with E-state index in [1.807, 2.05) is 31.2 Å². The number of carbonyl (C=O) groups excluding carboxylic acids is 2. The third-order valence-electron chi connectivity index (χ3n) is 4.55. The minimum absolute atomic E-state index is 0.0259. The predicted octanol–water partition coefficient (Wildman–Crippen LogP) is 3.58. The summed E-state index contributed by atoms with van der Waals surface area (Å²) in [5, 5.41) is 1.03. The maximum Gasteiger partial charge on any atom is 0.326 e. The molecule has 5 heteroatoms. The second-order valence-corrected chi connectivity index (χ2v) is 6.29. The van der Waals surface area contributed by atoms with Crippen LogP contribution in [-0.4, -0.2) is 29.9 Å². The van der Waals surface area contributed by atoms with E-state index in [-0.39, 0.29) is 25.0 Å². The van der Waals surface area contributed by atoms with E-state index in [1.54, 1.807) is 4.90 Å².